The van der Waals surface area contributed by atoms with Gasteiger partial charge in [0, 0.05) is 22.3 Å². The van der Waals surface area contributed by atoms with E-state index in [0.29, 0.717) is 35.7 Å². The van der Waals surface area contributed by atoms with Gasteiger partial charge < -0.3 is 15.4 Å². The zero-order chi connectivity index (χ0) is 20.5. The van der Waals surface area contributed by atoms with Gasteiger partial charge in [0.2, 0.25) is 0 Å². The molecule has 0 aromatic heterocycles. The molecule has 0 aliphatic carbocycles. The second kappa shape index (κ2) is 10.8. The number of carbonyl (C=O) groups is 2. The van der Waals surface area contributed by atoms with Crippen LogP contribution in [-0.4, -0.2) is 30.1 Å². The molecular formula is C20H22BrN3O3S. The highest BCUT2D eigenvalue weighted by Crippen LogP contribution is 2.23. The van der Waals surface area contributed by atoms with Crippen LogP contribution in [0.3, 0.4) is 0 Å². The molecule has 0 aliphatic rings. The second-order valence-corrected chi connectivity index (χ2v) is 7.16. The Labute approximate surface area is 178 Å². The van der Waals surface area contributed by atoms with Crippen LogP contribution in [0.1, 0.15) is 41.0 Å². The fourth-order valence-corrected chi connectivity index (χ4v) is 2.89. The lowest BCUT2D eigenvalue weighted by Crippen LogP contribution is -2.34. The number of carbonyl (C=O) groups excluding carboxylic acids is 2. The monoisotopic (exact) mass is 463 g/mol. The van der Waals surface area contributed by atoms with E-state index in [1.807, 2.05) is 19.9 Å². The van der Waals surface area contributed by atoms with Gasteiger partial charge in [-0.15, -0.1) is 0 Å². The Hall–Kier alpha value is -2.45. The Morgan fingerprint density at radius 3 is 2.43 bits per heavy atom. The predicted octanol–water partition coefficient (Wildman–Crippen LogP) is 4.11. The average molecular weight is 464 g/mol. The molecule has 0 fully saturated rings. The number of rotatable bonds is 7. The van der Waals surface area contributed by atoms with Crippen molar-refractivity contribution in [3.63, 3.8) is 0 Å². The fourth-order valence-electron chi connectivity index (χ4n) is 2.32. The van der Waals surface area contributed by atoms with E-state index in [2.05, 4.69) is 31.9 Å². The third kappa shape index (κ3) is 6.31. The number of thiocarbonyl (C=S) groups is 1. The Bertz CT molecular complexity index is 856. The third-order valence-corrected chi connectivity index (χ3v) is 4.31. The largest absolute Gasteiger partial charge is 0.493 e. The van der Waals surface area contributed by atoms with E-state index >= 15 is 0 Å². The summed E-state index contributed by atoms with van der Waals surface area (Å²) >= 11 is 8.59. The van der Waals surface area contributed by atoms with Crippen molar-refractivity contribution in [1.82, 2.24) is 10.6 Å². The van der Waals surface area contributed by atoms with Gasteiger partial charge in [-0.2, -0.15) is 0 Å². The highest BCUT2D eigenvalue weighted by Gasteiger charge is 2.15. The Morgan fingerprint density at radius 1 is 1.07 bits per heavy atom. The van der Waals surface area contributed by atoms with Crippen LogP contribution in [0.5, 0.6) is 5.75 Å². The van der Waals surface area contributed by atoms with Gasteiger partial charge in [-0.3, -0.25) is 14.9 Å². The van der Waals surface area contributed by atoms with E-state index in [4.69, 9.17) is 17.0 Å². The fraction of sp³-hybridized carbons (Fsp3) is 0.250. The normalized spacial score (nSPS) is 10.1. The van der Waals surface area contributed by atoms with Crippen LogP contribution < -0.4 is 20.7 Å². The Kier molecular flexibility index (Phi) is 8.41. The lowest BCUT2D eigenvalue weighted by molar-refractivity contribution is 0.0952. The number of anilines is 1. The zero-order valence-electron chi connectivity index (χ0n) is 15.7. The van der Waals surface area contributed by atoms with E-state index < -0.39 is 0 Å². The van der Waals surface area contributed by atoms with Gasteiger partial charge in [0.15, 0.2) is 5.11 Å². The van der Waals surface area contributed by atoms with E-state index in [9.17, 15) is 9.59 Å². The molecule has 8 heteroatoms. The van der Waals surface area contributed by atoms with Crippen molar-refractivity contribution in [2.45, 2.75) is 20.3 Å². The van der Waals surface area contributed by atoms with Gasteiger partial charge in [-0.25, -0.2) is 0 Å². The average Bonchev–Trinajstić information content (AvgIpc) is 2.67. The number of ether oxygens (including phenoxy) is 1. The summed E-state index contributed by atoms with van der Waals surface area (Å²) in [4.78, 5) is 24.4. The van der Waals surface area contributed by atoms with E-state index in [0.717, 1.165) is 10.9 Å². The van der Waals surface area contributed by atoms with Gasteiger partial charge in [-0.1, -0.05) is 22.9 Å². The molecule has 3 N–H and O–H groups in total. The number of halogens is 1. The van der Waals surface area contributed by atoms with Crippen molar-refractivity contribution in [2.75, 3.05) is 18.5 Å². The number of amides is 2. The smallest absolute Gasteiger partial charge is 0.261 e. The van der Waals surface area contributed by atoms with Crippen LogP contribution in [0.15, 0.2) is 46.9 Å². The third-order valence-electron chi connectivity index (χ3n) is 3.62. The molecule has 0 unspecified atom stereocenters. The van der Waals surface area contributed by atoms with Crippen molar-refractivity contribution in [3.05, 3.63) is 58.1 Å². The van der Waals surface area contributed by atoms with Crippen molar-refractivity contribution >= 4 is 50.8 Å². The van der Waals surface area contributed by atoms with Gasteiger partial charge in [0.1, 0.15) is 5.75 Å². The summed E-state index contributed by atoms with van der Waals surface area (Å²) in [7, 11) is 0. The molecule has 2 aromatic rings. The predicted molar refractivity (Wildman–Crippen MR) is 118 cm³/mol. The molecule has 2 amide bonds. The highest BCUT2D eigenvalue weighted by molar-refractivity contribution is 9.10. The Morgan fingerprint density at radius 2 is 1.79 bits per heavy atom. The molecule has 0 spiro atoms. The first-order valence-corrected chi connectivity index (χ1v) is 10.1. The van der Waals surface area contributed by atoms with Crippen molar-refractivity contribution < 1.29 is 14.3 Å². The first kappa shape index (κ1) is 21.8. The minimum atomic E-state index is -0.371. The van der Waals surface area contributed by atoms with Gasteiger partial charge in [0.05, 0.1) is 12.2 Å². The van der Waals surface area contributed by atoms with Gasteiger partial charge in [-0.05, 0) is 68.0 Å². The molecule has 0 saturated carbocycles. The van der Waals surface area contributed by atoms with Crippen molar-refractivity contribution in [2.24, 2.45) is 0 Å². The standard InChI is InChI=1S/C20H22BrN3O3S/c1-3-11-27-17-10-7-14(21)12-16(17)19(26)24-20(28)23-15-8-5-13(6-9-15)18(25)22-4-2/h5-10,12H,3-4,11H2,1-2H3,(H,22,25)(H2,23,24,26,28). The van der Waals surface area contributed by atoms with E-state index in [1.165, 1.54) is 0 Å². The molecule has 0 aliphatic heterocycles. The minimum Gasteiger partial charge on any atom is -0.493 e. The molecule has 28 heavy (non-hydrogen) atoms. The van der Waals surface area contributed by atoms with Crippen molar-refractivity contribution in [1.29, 1.82) is 0 Å². The van der Waals surface area contributed by atoms with Crippen LogP contribution in [-0.2, 0) is 0 Å². The lowest BCUT2D eigenvalue weighted by atomic mass is 10.2. The SMILES string of the molecule is CCCOc1ccc(Br)cc1C(=O)NC(=S)Nc1ccc(C(=O)NCC)cc1. The molecule has 0 saturated heterocycles. The summed E-state index contributed by atoms with van der Waals surface area (Å²) in [5, 5.41) is 8.46. The van der Waals surface area contributed by atoms with Crippen LogP contribution in [0.4, 0.5) is 5.69 Å². The number of nitrogens with one attached hydrogen (secondary N) is 3. The van der Waals surface area contributed by atoms with Gasteiger partial charge >= 0.3 is 0 Å². The molecule has 0 radical (unpaired) electrons. The molecule has 2 aromatic carbocycles. The molecule has 6 nitrogen and oxygen atoms in total. The van der Waals surface area contributed by atoms with E-state index in [-0.39, 0.29) is 16.9 Å². The molecule has 2 rings (SSSR count). The molecule has 0 bridgehead atoms. The first-order valence-electron chi connectivity index (χ1n) is 8.87. The minimum absolute atomic E-state index is 0.140. The second-order valence-electron chi connectivity index (χ2n) is 5.83. The topological polar surface area (TPSA) is 79.5 Å². The summed E-state index contributed by atoms with van der Waals surface area (Å²) in [6.45, 7) is 4.94. The van der Waals surface area contributed by atoms with Crippen LogP contribution >= 0.6 is 28.1 Å². The zero-order valence-corrected chi connectivity index (χ0v) is 18.1. The maximum atomic E-state index is 12.6. The number of hydrogen-bond donors (Lipinski definition) is 3. The van der Waals surface area contributed by atoms with Crippen LogP contribution in [0, 0.1) is 0 Å². The van der Waals surface area contributed by atoms with Gasteiger partial charge in [0.25, 0.3) is 11.8 Å². The maximum Gasteiger partial charge on any atom is 0.261 e. The lowest BCUT2D eigenvalue weighted by Gasteiger charge is -2.13. The maximum absolute atomic E-state index is 12.6. The molecule has 0 atom stereocenters. The quantitative estimate of drug-likeness (QED) is 0.538. The molecule has 0 heterocycles. The summed E-state index contributed by atoms with van der Waals surface area (Å²) < 4.78 is 6.40. The van der Waals surface area contributed by atoms with E-state index in [1.54, 1.807) is 36.4 Å². The Balaban J connectivity index is 2.02. The molecular weight excluding hydrogens is 442 g/mol. The van der Waals surface area contributed by atoms with Crippen LogP contribution in [0.25, 0.3) is 0 Å². The summed E-state index contributed by atoms with van der Waals surface area (Å²) in [5.74, 6) is -0.0142. The number of benzene rings is 2. The van der Waals surface area contributed by atoms with Crippen LogP contribution in [0.2, 0.25) is 0 Å². The first-order chi connectivity index (χ1) is 13.4. The van der Waals surface area contributed by atoms with Crippen molar-refractivity contribution in [3.8, 4) is 5.75 Å². The summed E-state index contributed by atoms with van der Waals surface area (Å²) in [6, 6.07) is 12.0. The summed E-state index contributed by atoms with van der Waals surface area (Å²) in [6.07, 6.45) is 0.837. The highest BCUT2D eigenvalue weighted by atomic mass is 79.9. The molecule has 148 valence electrons. The number of hydrogen-bond acceptors (Lipinski definition) is 4. The summed E-state index contributed by atoms with van der Waals surface area (Å²) in [5.41, 5.74) is 1.60.